The third-order valence-electron chi connectivity index (χ3n) is 3.00. The van der Waals surface area contributed by atoms with E-state index in [0.29, 0.717) is 12.1 Å². The van der Waals surface area contributed by atoms with E-state index in [0.717, 1.165) is 25.7 Å². The molecule has 1 amide bonds. The molecule has 0 bridgehead atoms. The van der Waals surface area contributed by atoms with Gasteiger partial charge in [-0.2, -0.15) is 0 Å². The second-order valence-electron chi connectivity index (χ2n) is 4.70. The van der Waals surface area contributed by atoms with E-state index in [4.69, 9.17) is 5.11 Å². The van der Waals surface area contributed by atoms with E-state index in [1.54, 1.807) is 12.1 Å². The molecule has 2 N–H and O–H groups in total. The number of aromatic hydroxyl groups is 1. The molecule has 1 aromatic carbocycles. The number of carbonyl (C=O) groups excluding carboxylic acids is 1. The number of carbonyl (C=O) groups is 2. The number of phenolic OH excluding ortho intramolecular Hbond substituents is 1. The third kappa shape index (κ3) is 5.30. The number of hydrogen-bond donors (Lipinski definition) is 2. The molecule has 0 heterocycles. The molecule has 5 heteroatoms. The maximum Gasteiger partial charge on any atom is 0.323 e. The highest BCUT2D eigenvalue weighted by Gasteiger charge is 2.18. The lowest BCUT2D eigenvalue weighted by Gasteiger charge is -2.21. The van der Waals surface area contributed by atoms with Crippen LogP contribution >= 0.6 is 0 Å². The van der Waals surface area contributed by atoms with Crippen molar-refractivity contribution < 1.29 is 19.8 Å². The lowest BCUT2D eigenvalue weighted by molar-refractivity contribution is -0.136. The number of benzene rings is 1. The quantitative estimate of drug-likeness (QED) is 0.717. The Balaban J connectivity index is 2.70. The number of phenols is 1. The Morgan fingerprint density at radius 2 is 1.75 bits per heavy atom. The highest BCUT2D eigenvalue weighted by Crippen LogP contribution is 2.19. The number of rotatable bonds is 8. The van der Waals surface area contributed by atoms with Gasteiger partial charge in [0.15, 0.2) is 0 Å². The van der Waals surface area contributed by atoms with Gasteiger partial charge >= 0.3 is 5.97 Å². The van der Waals surface area contributed by atoms with Crippen LogP contribution in [0.5, 0.6) is 5.75 Å². The van der Waals surface area contributed by atoms with Gasteiger partial charge in [0.1, 0.15) is 12.3 Å². The zero-order chi connectivity index (χ0) is 15.0. The fraction of sp³-hybridized carbons (Fsp3) is 0.467. The molecule has 0 aromatic heterocycles. The Morgan fingerprint density at radius 3 is 2.30 bits per heavy atom. The van der Waals surface area contributed by atoms with Gasteiger partial charge in [0.2, 0.25) is 5.91 Å². The Bertz CT molecular complexity index is 442. The summed E-state index contributed by atoms with van der Waals surface area (Å²) < 4.78 is 0. The fourth-order valence-corrected chi connectivity index (χ4v) is 1.93. The SMILES string of the molecule is CCCCCCC(=O)N(CC(=O)O)c1ccc(O)cc1. The molecule has 0 fully saturated rings. The Hall–Kier alpha value is -2.04. The summed E-state index contributed by atoms with van der Waals surface area (Å²) in [5.74, 6) is -1.17. The van der Waals surface area contributed by atoms with Crippen LogP contribution < -0.4 is 4.90 Å². The minimum absolute atomic E-state index is 0.0828. The maximum atomic E-state index is 12.1. The predicted octanol–water partition coefficient (Wildman–Crippen LogP) is 2.78. The van der Waals surface area contributed by atoms with E-state index in [1.807, 2.05) is 0 Å². The molecule has 0 unspecified atom stereocenters. The van der Waals surface area contributed by atoms with Crippen LogP contribution in [0.2, 0.25) is 0 Å². The first-order valence-electron chi connectivity index (χ1n) is 6.85. The Labute approximate surface area is 118 Å². The van der Waals surface area contributed by atoms with Crippen LogP contribution in [0.25, 0.3) is 0 Å². The maximum absolute atomic E-state index is 12.1. The zero-order valence-electron chi connectivity index (χ0n) is 11.7. The molecule has 0 radical (unpaired) electrons. The van der Waals surface area contributed by atoms with Crippen molar-refractivity contribution in [1.29, 1.82) is 0 Å². The number of amides is 1. The predicted molar refractivity (Wildman–Crippen MR) is 76.9 cm³/mol. The fourth-order valence-electron chi connectivity index (χ4n) is 1.93. The Kier molecular flexibility index (Phi) is 6.56. The monoisotopic (exact) mass is 279 g/mol. The minimum atomic E-state index is -1.06. The summed E-state index contributed by atoms with van der Waals surface area (Å²) in [6, 6.07) is 5.97. The normalized spacial score (nSPS) is 10.2. The summed E-state index contributed by atoms with van der Waals surface area (Å²) >= 11 is 0. The molecule has 0 aliphatic rings. The van der Waals surface area contributed by atoms with Gasteiger partial charge in [-0.3, -0.25) is 9.59 Å². The number of aliphatic carboxylic acids is 1. The first kappa shape index (κ1) is 16.0. The van der Waals surface area contributed by atoms with Gasteiger partial charge in [-0.1, -0.05) is 26.2 Å². The summed E-state index contributed by atoms with van der Waals surface area (Å²) in [6.45, 7) is 1.73. The highest BCUT2D eigenvalue weighted by atomic mass is 16.4. The van der Waals surface area contributed by atoms with E-state index in [2.05, 4.69) is 6.92 Å². The largest absolute Gasteiger partial charge is 0.508 e. The first-order chi connectivity index (χ1) is 9.54. The second-order valence-corrected chi connectivity index (χ2v) is 4.70. The topological polar surface area (TPSA) is 77.8 Å². The van der Waals surface area contributed by atoms with E-state index >= 15 is 0 Å². The molecule has 0 atom stereocenters. The van der Waals surface area contributed by atoms with Crippen molar-refractivity contribution in [2.75, 3.05) is 11.4 Å². The minimum Gasteiger partial charge on any atom is -0.508 e. The lowest BCUT2D eigenvalue weighted by Crippen LogP contribution is -2.35. The molecule has 0 aliphatic heterocycles. The van der Waals surface area contributed by atoms with Gasteiger partial charge < -0.3 is 15.1 Å². The van der Waals surface area contributed by atoms with Crippen molar-refractivity contribution in [1.82, 2.24) is 0 Å². The van der Waals surface area contributed by atoms with E-state index in [1.165, 1.54) is 17.0 Å². The zero-order valence-corrected chi connectivity index (χ0v) is 11.7. The number of unbranched alkanes of at least 4 members (excludes halogenated alkanes) is 3. The summed E-state index contributed by atoms with van der Waals surface area (Å²) in [7, 11) is 0. The highest BCUT2D eigenvalue weighted by molar-refractivity contribution is 5.97. The number of nitrogens with zero attached hydrogens (tertiary/aromatic N) is 1. The molecule has 1 aromatic rings. The lowest BCUT2D eigenvalue weighted by atomic mass is 10.1. The van der Waals surface area contributed by atoms with Crippen molar-refractivity contribution in [2.45, 2.75) is 39.0 Å². The van der Waals surface area contributed by atoms with Gasteiger partial charge in [-0.05, 0) is 30.7 Å². The van der Waals surface area contributed by atoms with E-state index in [9.17, 15) is 14.7 Å². The number of hydrogen-bond acceptors (Lipinski definition) is 3. The second kappa shape index (κ2) is 8.19. The summed E-state index contributed by atoms with van der Waals surface area (Å²) in [6.07, 6.45) is 4.24. The van der Waals surface area contributed by atoms with Gasteiger partial charge in [0.05, 0.1) is 0 Å². The summed E-state index contributed by atoms with van der Waals surface area (Å²) in [5.41, 5.74) is 0.491. The van der Waals surface area contributed by atoms with Gasteiger partial charge in [0, 0.05) is 12.1 Å². The third-order valence-corrected chi connectivity index (χ3v) is 3.00. The summed E-state index contributed by atoms with van der Waals surface area (Å²) in [4.78, 5) is 24.3. The van der Waals surface area contributed by atoms with Crippen LogP contribution in [-0.4, -0.2) is 28.6 Å². The van der Waals surface area contributed by atoms with Crippen LogP contribution in [-0.2, 0) is 9.59 Å². The van der Waals surface area contributed by atoms with Crippen LogP contribution in [0.15, 0.2) is 24.3 Å². The number of carboxylic acids is 1. The van der Waals surface area contributed by atoms with E-state index in [-0.39, 0.29) is 18.2 Å². The van der Waals surface area contributed by atoms with Crippen molar-refractivity contribution in [3.63, 3.8) is 0 Å². The smallest absolute Gasteiger partial charge is 0.323 e. The van der Waals surface area contributed by atoms with Crippen LogP contribution in [0.1, 0.15) is 39.0 Å². The molecule has 0 saturated heterocycles. The van der Waals surface area contributed by atoms with Crippen molar-refractivity contribution in [2.24, 2.45) is 0 Å². The van der Waals surface area contributed by atoms with Gasteiger partial charge in [-0.15, -0.1) is 0 Å². The van der Waals surface area contributed by atoms with Crippen LogP contribution in [0, 0.1) is 0 Å². The van der Waals surface area contributed by atoms with Crippen LogP contribution in [0.4, 0.5) is 5.69 Å². The van der Waals surface area contributed by atoms with Gasteiger partial charge in [-0.25, -0.2) is 0 Å². The first-order valence-corrected chi connectivity index (χ1v) is 6.85. The molecule has 5 nitrogen and oxygen atoms in total. The number of carboxylic acid groups (broad SMARTS) is 1. The van der Waals surface area contributed by atoms with Crippen LogP contribution in [0.3, 0.4) is 0 Å². The number of anilines is 1. The molecule has 110 valence electrons. The molecule has 0 saturated carbocycles. The molecule has 0 aliphatic carbocycles. The van der Waals surface area contributed by atoms with Crippen molar-refractivity contribution in [3.8, 4) is 5.75 Å². The van der Waals surface area contributed by atoms with Crippen molar-refractivity contribution in [3.05, 3.63) is 24.3 Å². The average Bonchev–Trinajstić information content (AvgIpc) is 2.42. The average molecular weight is 279 g/mol. The van der Waals surface area contributed by atoms with Gasteiger partial charge in [0.25, 0.3) is 0 Å². The molecule has 20 heavy (non-hydrogen) atoms. The molecular weight excluding hydrogens is 258 g/mol. The molecule has 1 rings (SSSR count). The van der Waals surface area contributed by atoms with E-state index < -0.39 is 5.97 Å². The Morgan fingerprint density at radius 1 is 1.10 bits per heavy atom. The molecular formula is C15H21NO4. The standard InChI is InChI=1S/C15H21NO4/c1-2-3-4-5-6-14(18)16(11-15(19)20)12-7-9-13(17)10-8-12/h7-10,17H,2-6,11H2,1H3,(H,19,20). The summed E-state index contributed by atoms with van der Waals surface area (Å²) in [5, 5.41) is 18.2. The molecule has 0 spiro atoms. The van der Waals surface area contributed by atoms with Crippen molar-refractivity contribution >= 4 is 17.6 Å².